The van der Waals surface area contributed by atoms with Crippen LogP contribution in [0.3, 0.4) is 0 Å². The first-order valence-corrected chi connectivity index (χ1v) is 8.82. The van der Waals surface area contributed by atoms with E-state index in [2.05, 4.69) is 37.0 Å². The summed E-state index contributed by atoms with van der Waals surface area (Å²) < 4.78 is 25.4. The second-order valence-corrected chi connectivity index (χ2v) is 7.29. The van der Waals surface area contributed by atoms with E-state index >= 15 is 0 Å². The molecule has 7 heteroatoms. The quantitative estimate of drug-likeness (QED) is 0.753. The van der Waals surface area contributed by atoms with Gasteiger partial charge in [0.25, 0.3) is 0 Å². The van der Waals surface area contributed by atoms with E-state index in [1.165, 1.54) is 18.6 Å². The Morgan fingerprint density at radius 1 is 1.39 bits per heavy atom. The number of hydrogen-bond donors (Lipinski definition) is 0. The molecule has 18 heavy (non-hydrogen) atoms. The van der Waals surface area contributed by atoms with E-state index in [0.717, 1.165) is 15.7 Å². The molecule has 0 saturated heterocycles. The lowest BCUT2D eigenvalue weighted by Gasteiger charge is -2.07. The molecule has 0 fully saturated rings. The Labute approximate surface area is 122 Å². The van der Waals surface area contributed by atoms with Crippen molar-refractivity contribution in [3.8, 4) is 5.69 Å². The first-order valence-electron chi connectivity index (χ1n) is 5.01. The van der Waals surface area contributed by atoms with Crippen LogP contribution in [0.25, 0.3) is 5.69 Å². The summed E-state index contributed by atoms with van der Waals surface area (Å²) in [5, 5.41) is 4.76. The summed E-state index contributed by atoms with van der Waals surface area (Å²) in [6.07, 6.45) is 4.04. The molecule has 2 aromatic rings. The molecular formula is C11H10Br2N2O2S. The van der Waals surface area contributed by atoms with Gasteiger partial charge in [0.1, 0.15) is 4.90 Å². The highest BCUT2D eigenvalue weighted by molar-refractivity contribution is 9.10. The van der Waals surface area contributed by atoms with Crippen LogP contribution >= 0.6 is 31.9 Å². The lowest BCUT2D eigenvalue weighted by Crippen LogP contribution is -1.99. The van der Waals surface area contributed by atoms with Crippen molar-refractivity contribution in [2.45, 2.75) is 10.2 Å². The number of aromatic nitrogens is 2. The van der Waals surface area contributed by atoms with Crippen LogP contribution in [0.2, 0.25) is 0 Å². The van der Waals surface area contributed by atoms with E-state index in [1.807, 2.05) is 18.2 Å². The Hall–Kier alpha value is -0.660. The van der Waals surface area contributed by atoms with Crippen LogP contribution in [-0.2, 0) is 15.2 Å². The van der Waals surface area contributed by atoms with Crippen molar-refractivity contribution in [2.75, 3.05) is 6.26 Å². The van der Waals surface area contributed by atoms with Crippen molar-refractivity contribution in [1.82, 2.24) is 9.78 Å². The molecule has 1 aromatic heterocycles. The van der Waals surface area contributed by atoms with E-state index in [4.69, 9.17) is 0 Å². The molecule has 0 spiro atoms. The van der Waals surface area contributed by atoms with E-state index in [-0.39, 0.29) is 4.90 Å². The first-order chi connectivity index (χ1) is 8.41. The van der Waals surface area contributed by atoms with Crippen LogP contribution in [-0.4, -0.2) is 24.5 Å². The minimum atomic E-state index is -3.22. The Morgan fingerprint density at radius 3 is 2.67 bits per heavy atom. The predicted molar refractivity (Wildman–Crippen MR) is 77.0 cm³/mol. The van der Waals surface area contributed by atoms with Gasteiger partial charge in [-0.15, -0.1) is 0 Å². The van der Waals surface area contributed by atoms with Gasteiger partial charge in [-0.2, -0.15) is 5.10 Å². The highest BCUT2D eigenvalue weighted by atomic mass is 79.9. The number of halogens is 2. The average molecular weight is 394 g/mol. The number of hydrogen-bond acceptors (Lipinski definition) is 3. The van der Waals surface area contributed by atoms with Crippen molar-refractivity contribution in [3.05, 3.63) is 40.6 Å². The van der Waals surface area contributed by atoms with Crippen LogP contribution in [0.15, 0.2) is 40.0 Å². The summed E-state index contributed by atoms with van der Waals surface area (Å²) in [7, 11) is -3.22. The fourth-order valence-electron chi connectivity index (χ4n) is 1.51. The monoisotopic (exact) mass is 392 g/mol. The van der Waals surface area contributed by atoms with Gasteiger partial charge in [0, 0.05) is 22.3 Å². The van der Waals surface area contributed by atoms with Crippen LogP contribution in [0.1, 0.15) is 5.56 Å². The minimum absolute atomic E-state index is 0.214. The molecule has 0 amide bonds. The minimum Gasteiger partial charge on any atom is -0.239 e. The Morgan fingerprint density at radius 2 is 2.11 bits per heavy atom. The zero-order chi connectivity index (χ0) is 13.3. The summed E-state index contributed by atoms with van der Waals surface area (Å²) in [5.74, 6) is 0. The molecule has 0 radical (unpaired) electrons. The Bertz CT molecular complexity index is 680. The molecule has 0 aliphatic heterocycles. The largest absolute Gasteiger partial charge is 0.239 e. The lowest BCUT2D eigenvalue weighted by molar-refractivity contribution is 0.602. The third kappa shape index (κ3) is 2.84. The molecule has 0 atom stereocenters. The van der Waals surface area contributed by atoms with Gasteiger partial charge in [-0.05, 0) is 23.8 Å². The topological polar surface area (TPSA) is 52.0 Å². The summed E-state index contributed by atoms with van der Waals surface area (Å²) in [6, 6.07) is 5.74. The molecule has 0 bridgehead atoms. The molecule has 0 unspecified atom stereocenters. The van der Waals surface area contributed by atoms with Gasteiger partial charge in [-0.1, -0.05) is 31.9 Å². The van der Waals surface area contributed by atoms with Crippen molar-refractivity contribution in [2.24, 2.45) is 0 Å². The normalized spacial score (nSPS) is 11.7. The first kappa shape index (κ1) is 13.8. The van der Waals surface area contributed by atoms with Crippen molar-refractivity contribution in [1.29, 1.82) is 0 Å². The van der Waals surface area contributed by atoms with Gasteiger partial charge in [0.2, 0.25) is 0 Å². The average Bonchev–Trinajstić information content (AvgIpc) is 2.77. The summed E-state index contributed by atoms with van der Waals surface area (Å²) in [4.78, 5) is 0.214. The van der Waals surface area contributed by atoms with Crippen LogP contribution < -0.4 is 0 Å². The second-order valence-electron chi connectivity index (χ2n) is 3.80. The van der Waals surface area contributed by atoms with Crippen LogP contribution in [0, 0.1) is 0 Å². The predicted octanol–water partition coefficient (Wildman–Crippen LogP) is 2.93. The SMILES string of the molecule is CS(=O)(=O)c1cnn(-c2ccc(Br)cc2CBr)c1. The third-order valence-electron chi connectivity index (χ3n) is 2.42. The smallest absolute Gasteiger partial charge is 0.178 e. The van der Waals surface area contributed by atoms with Gasteiger partial charge in [-0.25, -0.2) is 13.1 Å². The highest BCUT2D eigenvalue weighted by Crippen LogP contribution is 2.22. The standard InChI is InChI=1S/C11H10Br2N2O2S/c1-18(16,17)10-6-14-15(7-10)11-3-2-9(13)4-8(11)5-12/h2-4,6-7H,5H2,1H3. The molecular weight excluding hydrogens is 384 g/mol. The van der Waals surface area contributed by atoms with Crippen molar-refractivity contribution < 1.29 is 8.42 Å². The van der Waals surface area contributed by atoms with Crippen LogP contribution in [0.5, 0.6) is 0 Å². The number of sulfone groups is 1. The van der Waals surface area contributed by atoms with Gasteiger partial charge in [-0.3, -0.25) is 0 Å². The van der Waals surface area contributed by atoms with E-state index in [0.29, 0.717) is 5.33 Å². The van der Waals surface area contributed by atoms with Gasteiger partial charge < -0.3 is 0 Å². The number of benzene rings is 1. The maximum atomic E-state index is 11.4. The van der Waals surface area contributed by atoms with E-state index < -0.39 is 9.84 Å². The van der Waals surface area contributed by atoms with Gasteiger partial charge in [0.05, 0.1) is 11.9 Å². The van der Waals surface area contributed by atoms with Crippen molar-refractivity contribution in [3.63, 3.8) is 0 Å². The molecule has 1 aromatic carbocycles. The Kier molecular flexibility index (Phi) is 3.93. The highest BCUT2D eigenvalue weighted by Gasteiger charge is 2.12. The van der Waals surface area contributed by atoms with Gasteiger partial charge >= 0.3 is 0 Å². The maximum Gasteiger partial charge on any atom is 0.178 e. The molecule has 0 saturated carbocycles. The number of alkyl halides is 1. The molecule has 4 nitrogen and oxygen atoms in total. The zero-order valence-corrected chi connectivity index (χ0v) is 13.5. The fraction of sp³-hybridized carbons (Fsp3) is 0.182. The Balaban J connectivity index is 2.53. The number of rotatable bonds is 3. The van der Waals surface area contributed by atoms with Gasteiger partial charge in [0.15, 0.2) is 9.84 Å². The fourth-order valence-corrected chi connectivity index (χ4v) is 2.90. The van der Waals surface area contributed by atoms with Crippen LogP contribution in [0.4, 0.5) is 0 Å². The lowest BCUT2D eigenvalue weighted by atomic mass is 10.2. The molecule has 96 valence electrons. The van der Waals surface area contributed by atoms with Crippen molar-refractivity contribution >= 4 is 41.7 Å². The molecule has 0 N–H and O–H groups in total. The summed E-state index contributed by atoms with van der Waals surface area (Å²) >= 11 is 6.81. The van der Waals surface area contributed by atoms with E-state index in [1.54, 1.807) is 4.68 Å². The maximum absolute atomic E-state index is 11.4. The molecule has 1 heterocycles. The number of nitrogens with zero attached hydrogens (tertiary/aromatic N) is 2. The molecule has 0 aliphatic rings. The molecule has 0 aliphatic carbocycles. The summed E-state index contributed by atoms with van der Waals surface area (Å²) in [5.41, 5.74) is 1.87. The second kappa shape index (κ2) is 5.14. The van der Waals surface area contributed by atoms with E-state index in [9.17, 15) is 8.42 Å². The molecule has 2 rings (SSSR count). The third-order valence-corrected chi connectivity index (χ3v) is 4.58. The summed E-state index contributed by atoms with van der Waals surface area (Å²) in [6.45, 7) is 0. The zero-order valence-electron chi connectivity index (χ0n) is 9.47.